The second-order valence-electron chi connectivity index (χ2n) is 4.96. The van der Waals surface area contributed by atoms with Crippen LogP contribution in [0.1, 0.15) is 25.0 Å². The highest BCUT2D eigenvalue weighted by Crippen LogP contribution is 2.40. The van der Waals surface area contributed by atoms with Crippen LogP contribution >= 0.6 is 0 Å². The molecule has 0 bridgehead atoms. The van der Waals surface area contributed by atoms with Crippen molar-refractivity contribution in [2.75, 3.05) is 7.11 Å². The first-order chi connectivity index (χ1) is 7.94. The molecule has 1 aliphatic heterocycles. The fourth-order valence-electron chi connectivity index (χ4n) is 2.04. The van der Waals surface area contributed by atoms with Gasteiger partial charge in [0.25, 0.3) is 0 Å². The molecule has 94 valence electrons. The van der Waals surface area contributed by atoms with Crippen molar-refractivity contribution in [1.29, 1.82) is 0 Å². The summed E-state index contributed by atoms with van der Waals surface area (Å²) in [4.78, 5) is 0. The van der Waals surface area contributed by atoms with Crippen LogP contribution in [0.25, 0.3) is 0 Å². The number of methoxy groups -OCH3 is 1. The Morgan fingerprint density at radius 3 is 2.82 bits per heavy atom. The number of aliphatic hydroxyl groups excluding tert-OH is 1. The van der Waals surface area contributed by atoms with E-state index in [2.05, 4.69) is 0 Å². The second-order valence-corrected chi connectivity index (χ2v) is 4.96. The zero-order valence-corrected chi connectivity index (χ0v) is 10.4. The fraction of sp³-hybridized carbons (Fsp3) is 0.538. The quantitative estimate of drug-likeness (QED) is 0.822. The predicted octanol–water partition coefficient (Wildman–Crippen LogP) is 1.61. The topological polar surface area (TPSA) is 58.9 Å². The number of rotatable bonds is 2. The minimum Gasteiger partial charge on any atom is -0.504 e. The van der Waals surface area contributed by atoms with Crippen molar-refractivity contribution in [1.82, 2.24) is 0 Å². The van der Waals surface area contributed by atoms with Gasteiger partial charge in [0.2, 0.25) is 0 Å². The summed E-state index contributed by atoms with van der Waals surface area (Å²) < 4.78 is 10.7. The molecule has 1 aliphatic rings. The number of benzene rings is 1. The maximum Gasteiger partial charge on any atom is 0.165 e. The van der Waals surface area contributed by atoms with Gasteiger partial charge in [-0.15, -0.1) is 0 Å². The van der Waals surface area contributed by atoms with Gasteiger partial charge >= 0.3 is 0 Å². The molecule has 0 saturated carbocycles. The van der Waals surface area contributed by atoms with Gasteiger partial charge in [0, 0.05) is 19.1 Å². The van der Waals surface area contributed by atoms with E-state index in [1.54, 1.807) is 13.2 Å². The van der Waals surface area contributed by atoms with E-state index in [0.717, 1.165) is 11.1 Å². The van der Waals surface area contributed by atoms with E-state index >= 15 is 0 Å². The molecule has 0 fully saturated rings. The lowest BCUT2D eigenvalue weighted by Gasteiger charge is -2.37. The molecule has 0 amide bonds. The second kappa shape index (κ2) is 4.20. The fourth-order valence-corrected chi connectivity index (χ4v) is 2.04. The van der Waals surface area contributed by atoms with E-state index in [9.17, 15) is 10.2 Å². The Balaban J connectivity index is 2.40. The Morgan fingerprint density at radius 2 is 2.18 bits per heavy atom. The molecule has 0 saturated heterocycles. The average molecular weight is 238 g/mol. The summed E-state index contributed by atoms with van der Waals surface area (Å²) in [7, 11) is 1.60. The molecule has 2 N–H and O–H groups in total. The van der Waals surface area contributed by atoms with Crippen LogP contribution in [0.5, 0.6) is 11.5 Å². The van der Waals surface area contributed by atoms with Crippen LogP contribution in [0.15, 0.2) is 12.1 Å². The lowest BCUT2D eigenvalue weighted by Crippen LogP contribution is -2.46. The molecule has 0 aliphatic carbocycles. The van der Waals surface area contributed by atoms with E-state index < -0.39 is 11.7 Å². The number of fused-ring (bicyclic) bond motifs is 1. The zero-order chi connectivity index (χ0) is 12.6. The minimum absolute atomic E-state index is 0.106. The Bertz CT molecular complexity index is 426. The van der Waals surface area contributed by atoms with Crippen LogP contribution in [0.2, 0.25) is 0 Å². The Kier molecular flexibility index (Phi) is 3.02. The third-order valence-electron chi connectivity index (χ3n) is 3.10. The third-order valence-corrected chi connectivity index (χ3v) is 3.10. The highest BCUT2D eigenvalue weighted by atomic mass is 16.5. The molecule has 17 heavy (non-hydrogen) atoms. The molecule has 1 heterocycles. The number of aliphatic hydroxyl groups is 1. The number of phenols is 1. The van der Waals surface area contributed by atoms with Gasteiger partial charge in [-0.05, 0) is 31.5 Å². The lowest BCUT2D eigenvalue weighted by atomic mass is 9.90. The van der Waals surface area contributed by atoms with E-state index in [-0.39, 0.29) is 5.75 Å². The summed E-state index contributed by atoms with van der Waals surface area (Å²) in [5.41, 5.74) is 1.02. The maximum atomic E-state index is 9.96. The third kappa shape index (κ3) is 2.23. The maximum absolute atomic E-state index is 9.96. The van der Waals surface area contributed by atoms with Gasteiger partial charge in [0.05, 0.1) is 12.7 Å². The average Bonchev–Trinajstić information content (AvgIpc) is 2.22. The van der Waals surface area contributed by atoms with Gasteiger partial charge < -0.3 is 19.7 Å². The molecule has 0 radical (unpaired) electrons. The number of hydrogen-bond acceptors (Lipinski definition) is 4. The first-order valence-electron chi connectivity index (χ1n) is 5.65. The van der Waals surface area contributed by atoms with E-state index in [0.29, 0.717) is 18.8 Å². The molecule has 4 nitrogen and oxygen atoms in total. The SMILES string of the molecule is COCc1cc(O)c2c(c1)CC(O)C(C)(C)O2. The highest BCUT2D eigenvalue weighted by molar-refractivity contribution is 5.50. The summed E-state index contributed by atoms with van der Waals surface area (Å²) in [5, 5.41) is 19.9. The first kappa shape index (κ1) is 12.2. The van der Waals surface area contributed by atoms with Crippen molar-refractivity contribution in [2.24, 2.45) is 0 Å². The smallest absolute Gasteiger partial charge is 0.165 e. The minimum atomic E-state index is -0.673. The molecule has 0 spiro atoms. The molecular weight excluding hydrogens is 220 g/mol. The number of aromatic hydroxyl groups is 1. The first-order valence-corrected chi connectivity index (χ1v) is 5.65. The zero-order valence-electron chi connectivity index (χ0n) is 10.4. The van der Waals surface area contributed by atoms with Crippen LogP contribution in [0, 0.1) is 0 Å². The standard InChI is InChI=1S/C13H18O4/c1-13(2)11(15)6-9-4-8(7-16-3)5-10(14)12(9)17-13/h4-5,11,14-15H,6-7H2,1-3H3. The summed E-state index contributed by atoms with van der Waals surface area (Å²) in [6, 6.07) is 3.53. The van der Waals surface area contributed by atoms with Crippen molar-refractivity contribution in [3.8, 4) is 11.5 Å². The molecular formula is C13H18O4. The van der Waals surface area contributed by atoms with Crippen molar-refractivity contribution in [2.45, 2.75) is 38.6 Å². The summed E-state index contributed by atoms with van der Waals surface area (Å²) in [5.74, 6) is 0.578. The van der Waals surface area contributed by atoms with Crippen LogP contribution < -0.4 is 4.74 Å². The van der Waals surface area contributed by atoms with E-state index in [1.165, 1.54) is 0 Å². The Morgan fingerprint density at radius 1 is 1.47 bits per heavy atom. The molecule has 1 unspecified atom stereocenters. The summed E-state index contributed by atoms with van der Waals surface area (Å²) in [6.07, 6.45) is -0.0971. The number of ether oxygens (including phenoxy) is 2. The van der Waals surface area contributed by atoms with E-state index in [1.807, 2.05) is 19.9 Å². The predicted molar refractivity (Wildman–Crippen MR) is 63.2 cm³/mol. The monoisotopic (exact) mass is 238 g/mol. The largest absolute Gasteiger partial charge is 0.504 e. The van der Waals surface area contributed by atoms with Crippen molar-refractivity contribution >= 4 is 0 Å². The molecule has 0 aromatic heterocycles. The van der Waals surface area contributed by atoms with Gasteiger partial charge in [-0.2, -0.15) is 0 Å². The normalized spacial score (nSPS) is 21.8. The number of phenolic OH excluding ortho intramolecular Hbond substituents is 1. The molecule has 2 rings (SSSR count). The summed E-state index contributed by atoms with van der Waals surface area (Å²) >= 11 is 0. The molecule has 4 heteroatoms. The molecule has 1 aromatic carbocycles. The molecule has 1 atom stereocenters. The van der Waals surface area contributed by atoms with Gasteiger partial charge in [0.1, 0.15) is 5.60 Å². The van der Waals surface area contributed by atoms with Gasteiger partial charge in [-0.3, -0.25) is 0 Å². The molecule has 1 aromatic rings. The van der Waals surface area contributed by atoms with Crippen LogP contribution in [0.3, 0.4) is 0 Å². The van der Waals surface area contributed by atoms with Crippen molar-refractivity contribution in [3.63, 3.8) is 0 Å². The van der Waals surface area contributed by atoms with Crippen LogP contribution in [0.4, 0.5) is 0 Å². The van der Waals surface area contributed by atoms with Crippen LogP contribution in [-0.4, -0.2) is 29.0 Å². The number of hydrogen-bond donors (Lipinski definition) is 2. The lowest BCUT2D eigenvalue weighted by molar-refractivity contribution is -0.0426. The van der Waals surface area contributed by atoms with Gasteiger partial charge in [0.15, 0.2) is 11.5 Å². The van der Waals surface area contributed by atoms with Gasteiger partial charge in [-0.25, -0.2) is 0 Å². The summed E-state index contributed by atoms with van der Waals surface area (Å²) in [6.45, 7) is 4.05. The Labute approximate surface area is 101 Å². The Hall–Kier alpha value is -1.26. The van der Waals surface area contributed by atoms with E-state index in [4.69, 9.17) is 9.47 Å². The van der Waals surface area contributed by atoms with Gasteiger partial charge in [-0.1, -0.05) is 0 Å². The van der Waals surface area contributed by atoms with Crippen LogP contribution in [-0.2, 0) is 17.8 Å². The van der Waals surface area contributed by atoms with Crippen molar-refractivity contribution < 1.29 is 19.7 Å². The van der Waals surface area contributed by atoms with Crippen molar-refractivity contribution in [3.05, 3.63) is 23.3 Å². The highest BCUT2D eigenvalue weighted by Gasteiger charge is 2.37.